The number of halogens is 1. The van der Waals surface area contributed by atoms with Gasteiger partial charge in [0, 0.05) is 5.39 Å². The standard InChI is InChI=1S/C15H11FN2O3/c16-9-5-7-10(8-6-9)20-13-11-3-1-2-4-12(11)18-14(13)21-15(17)19/h1-8,18H,(H2,17,19). The van der Waals surface area contributed by atoms with Crippen molar-refractivity contribution in [2.24, 2.45) is 5.73 Å². The van der Waals surface area contributed by atoms with E-state index in [1.165, 1.54) is 24.3 Å². The van der Waals surface area contributed by atoms with E-state index < -0.39 is 6.09 Å². The number of fused-ring (bicyclic) bond motifs is 1. The highest BCUT2D eigenvalue weighted by molar-refractivity contribution is 5.90. The molecule has 3 N–H and O–H groups in total. The van der Waals surface area contributed by atoms with Gasteiger partial charge in [0.2, 0.25) is 5.88 Å². The van der Waals surface area contributed by atoms with Gasteiger partial charge in [-0.25, -0.2) is 9.18 Å². The second kappa shape index (κ2) is 5.16. The first-order valence-electron chi connectivity index (χ1n) is 6.15. The largest absolute Gasteiger partial charge is 0.451 e. The minimum atomic E-state index is -0.953. The van der Waals surface area contributed by atoms with Crippen LogP contribution in [0.4, 0.5) is 9.18 Å². The maximum absolute atomic E-state index is 12.9. The number of primary amides is 1. The number of hydrogen-bond acceptors (Lipinski definition) is 3. The molecule has 5 nitrogen and oxygen atoms in total. The lowest BCUT2D eigenvalue weighted by molar-refractivity contribution is 0.208. The van der Waals surface area contributed by atoms with E-state index in [0.29, 0.717) is 11.5 Å². The van der Waals surface area contributed by atoms with Crippen molar-refractivity contribution in [2.75, 3.05) is 0 Å². The molecule has 0 aliphatic heterocycles. The number of rotatable bonds is 3. The molecule has 21 heavy (non-hydrogen) atoms. The second-order valence-electron chi connectivity index (χ2n) is 4.31. The molecule has 3 aromatic rings. The Hall–Kier alpha value is -3.02. The van der Waals surface area contributed by atoms with Gasteiger partial charge < -0.3 is 20.2 Å². The molecule has 0 saturated heterocycles. The number of carbonyl (C=O) groups is 1. The van der Waals surface area contributed by atoms with Crippen molar-refractivity contribution in [3.05, 3.63) is 54.3 Å². The van der Waals surface area contributed by atoms with Gasteiger partial charge in [0.1, 0.15) is 11.6 Å². The second-order valence-corrected chi connectivity index (χ2v) is 4.31. The lowest BCUT2D eigenvalue weighted by Crippen LogP contribution is -2.16. The van der Waals surface area contributed by atoms with Gasteiger partial charge >= 0.3 is 6.09 Å². The van der Waals surface area contributed by atoms with Gasteiger partial charge in [-0.3, -0.25) is 0 Å². The number of aromatic nitrogens is 1. The summed E-state index contributed by atoms with van der Waals surface area (Å²) in [6, 6.07) is 12.8. The van der Waals surface area contributed by atoms with Crippen molar-refractivity contribution in [3.63, 3.8) is 0 Å². The van der Waals surface area contributed by atoms with Crippen LogP contribution >= 0.6 is 0 Å². The maximum atomic E-state index is 12.9. The minimum Gasteiger partial charge on any atom is -0.451 e. The fourth-order valence-electron chi connectivity index (χ4n) is 1.99. The van der Waals surface area contributed by atoms with Crippen LogP contribution in [0.3, 0.4) is 0 Å². The number of H-pyrrole nitrogens is 1. The Morgan fingerprint density at radius 3 is 2.52 bits per heavy atom. The summed E-state index contributed by atoms with van der Waals surface area (Å²) in [7, 11) is 0. The van der Waals surface area contributed by atoms with Gasteiger partial charge in [-0.15, -0.1) is 0 Å². The van der Waals surface area contributed by atoms with Crippen LogP contribution in [0.1, 0.15) is 0 Å². The van der Waals surface area contributed by atoms with Crippen molar-refractivity contribution in [1.82, 2.24) is 4.98 Å². The number of nitrogens with one attached hydrogen (secondary N) is 1. The molecular formula is C15H11FN2O3. The molecule has 0 radical (unpaired) electrons. The van der Waals surface area contributed by atoms with Crippen LogP contribution in [0.25, 0.3) is 10.9 Å². The zero-order valence-corrected chi connectivity index (χ0v) is 10.8. The van der Waals surface area contributed by atoms with E-state index in [9.17, 15) is 9.18 Å². The van der Waals surface area contributed by atoms with Gasteiger partial charge in [-0.05, 0) is 36.4 Å². The third kappa shape index (κ3) is 2.64. The van der Waals surface area contributed by atoms with E-state index in [4.69, 9.17) is 15.2 Å². The van der Waals surface area contributed by atoms with Crippen LogP contribution in [-0.4, -0.2) is 11.1 Å². The highest BCUT2D eigenvalue weighted by Gasteiger charge is 2.16. The zero-order chi connectivity index (χ0) is 14.8. The first-order chi connectivity index (χ1) is 10.1. The average Bonchev–Trinajstić information content (AvgIpc) is 2.78. The van der Waals surface area contributed by atoms with Crippen LogP contribution < -0.4 is 15.2 Å². The third-order valence-electron chi connectivity index (χ3n) is 2.86. The Labute approximate surface area is 119 Å². The van der Waals surface area contributed by atoms with Crippen molar-refractivity contribution >= 4 is 17.0 Å². The Morgan fingerprint density at radius 1 is 1.10 bits per heavy atom. The van der Waals surface area contributed by atoms with E-state index in [1.54, 1.807) is 12.1 Å². The molecule has 3 rings (SSSR count). The number of para-hydroxylation sites is 1. The predicted molar refractivity (Wildman–Crippen MR) is 75.0 cm³/mol. The Bertz CT molecular complexity index is 796. The number of amides is 1. The number of aromatic amines is 1. The predicted octanol–water partition coefficient (Wildman–Crippen LogP) is 3.56. The summed E-state index contributed by atoms with van der Waals surface area (Å²) in [4.78, 5) is 13.9. The van der Waals surface area contributed by atoms with E-state index >= 15 is 0 Å². The fourth-order valence-corrected chi connectivity index (χ4v) is 1.99. The summed E-state index contributed by atoms with van der Waals surface area (Å²) >= 11 is 0. The molecular weight excluding hydrogens is 275 g/mol. The van der Waals surface area contributed by atoms with Crippen LogP contribution in [0.2, 0.25) is 0 Å². The summed E-state index contributed by atoms with van der Waals surface area (Å²) in [5, 5.41) is 0.720. The number of benzene rings is 2. The summed E-state index contributed by atoms with van der Waals surface area (Å²) in [6.45, 7) is 0. The Balaban J connectivity index is 2.05. The van der Waals surface area contributed by atoms with Crippen LogP contribution in [0.15, 0.2) is 48.5 Å². The monoisotopic (exact) mass is 286 g/mol. The molecule has 0 unspecified atom stereocenters. The van der Waals surface area contributed by atoms with E-state index in [1.807, 2.05) is 12.1 Å². The lowest BCUT2D eigenvalue weighted by Gasteiger charge is -2.06. The van der Waals surface area contributed by atoms with Gasteiger partial charge in [-0.2, -0.15) is 0 Å². The maximum Gasteiger partial charge on any atom is 0.411 e. The molecule has 0 spiro atoms. The van der Waals surface area contributed by atoms with Crippen molar-refractivity contribution < 1.29 is 18.7 Å². The van der Waals surface area contributed by atoms with Crippen molar-refractivity contribution in [1.29, 1.82) is 0 Å². The highest BCUT2D eigenvalue weighted by atomic mass is 19.1. The zero-order valence-electron chi connectivity index (χ0n) is 10.8. The van der Waals surface area contributed by atoms with Gasteiger partial charge in [0.05, 0.1) is 5.52 Å². The molecule has 0 aliphatic carbocycles. The lowest BCUT2D eigenvalue weighted by atomic mass is 10.2. The molecule has 6 heteroatoms. The van der Waals surface area contributed by atoms with Crippen LogP contribution in [-0.2, 0) is 0 Å². The molecule has 0 bridgehead atoms. The summed E-state index contributed by atoms with van der Waals surface area (Å²) < 4.78 is 23.5. The molecule has 1 heterocycles. The third-order valence-corrected chi connectivity index (χ3v) is 2.86. The number of hydrogen-bond donors (Lipinski definition) is 2. The molecule has 0 saturated carbocycles. The van der Waals surface area contributed by atoms with E-state index in [0.717, 1.165) is 10.9 Å². The van der Waals surface area contributed by atoms with Crippen LogP contribution in [0, 0.1) is 5.82 Å². The van der Waals surface area contributed by atoms with E-state index in [2.05, 4.69) is 4.98 Å². The van der Waals surface area contributed by atoms with Crippen molar-refractivity contribution in [2.45, 2.75) is 0 Å². The highest BCUT2D eigenvalue weighted by Crippen LogP contribution is 2.38. The topological polar surface area (TPSA) is 77.3 Å². The summed E-state index contributed by atoms with van der Waals surface area (Å²) in [6.07, 6.45) is -0.953. The Kier molecular flexibility index (Phi) is 3.19. The first kappa shape index (κ1) is 13.0. The molecule has 0 aliphatic rings. The van der Waals surface area contributed by atoms with Gasteiger partial charge in [0.25, 0.3) is 0 Å². The molecule has 0 atom stereocenters. The SMILES string of the molecule is NC(=O)Oc1[nH]c2ccccc2c1Oc1ccc(F)cc1. The van der Waals surface area contributed by atoms with Crippen LogP contribution in [0.5, 0.6) is 17.4 Å². The molecule has 0 fully saturated rings. The summed E-state index contributed by atoms with van der Waals surface area (Å²) in [5.74, 6) is 0.467. The fraction of sp³-hybridized carbons (Fsp3) is 0. The number of carbonyl (C=O) groups excluding carboxylic acids is 1. The average molecular weight is 286 g/mol. The molecule has 106 valence electrons. The van der Waals surface area contributed by atoms with Gasteiger partial charge in [-0.1, -0.05) is 12.1 Å². The normalized spacial score (nSPS) is 10.5. The Morgan fingerprint density at radius 2 is 1.81 bits per heavy atom. The number of nitrogens with two attached hydrogens (primary N) is 1. The van der Waals surface area contributed by atoms with Crippen molar-refractivity contribution in [3.8, 4) is 17.4 Å². The molecule has 1 aromatic heterocycles. The summed E-state index contributed by atoms with van der Waals surface area (Å²) in [5.41, 5.74) is 5.77. The smallest absolute Gasteiger partial charge is 0.411 e. The number of ether oxygens (including phenoxy) is 2. The molecule has 2 aromatic carbocycles. The quantitative estimate of drug-likeness (QED) is 0.772. The van der Waals surface area contributed by atoms with Gasteiger partial charge in [0.15, 0.2) is 5.75 Å². The molecule has 1 amide bonds. The van der Waals surface area contributed by atoms with E-state index in [-0.39, 0.29) is 11.7 Å². The minimum absolute atomic E-state index is 0.105. The first-order valence-corrected chi connectivity index (χ1v) is 6.15.